The van der Waals surface area contributed by atoms with E-state index in [0.29, 0.717) is 0 Å². The molecule has 0 radical (unpaired) electrons. The second-order valence-corrected chi connectivity index (χ2v) is 6.83. The van der Waals surface area contributed by atoms with Gasteiger partial charge in [0.2, 0.25) is 0 Å². The molecular formula is C22H28. The Kier molecular flexibility index (Phi) is 5.32. The molecule has 3 rings (SSSR count). The molecule has 2 aromatic rings. The van der Waals surface area contributed by atoms with E-state index in [9.17, 15) is 0 Å². The average Bonchev–Trinajstić information content (AvgIpc) is 3.31. The van der Waals surface area contributed by atoms with Crippen LogP contribution in [0, 0.1) is 11.8 Å². The minimum atomic E-state index is 0.937. The van der Waals surface area contributed by atoms with E-state index in [1.807, 2.05) is 0 Å². The molecule has 0 amide bonds. The first kappa shape index (κ1) is 15.3. The summed E-state index contributed by atoms with van der Waals surface area (Å²) in [7, 11) is 0. The normalized spacial score (nSPS) is 20.0. The van der Waals surface area contributed by atoms with Crippen molar-refractivity contribution >= 4 is 0 Å². The lowest BCUT2D eigenvalue weighted by atomic mass is 9.95. The molecule has 22 heavy (non-hydrogen) atoms. The minimum Gasteiger partial charge on any atom is -0.0654 e. The summed E-state index contributed by atoms with van der Waals surface area (Å²) in [5, 5.41) is 0. The first-order chi connectivity index (χ1) is 10.9. The predicted octanol–water partition coefficient (Wildman–Crippen LogP) is 6.50. The van der Waals surface area contributed by atoms with Gasteiger partial charge >= 0.3 is 0 Å². The maximum absolute atomic E-state index is 2.33. The van der Waals surface area contributed by atoms with Gasteiger partial charge in [-0.25, -0.2) is 0 Å². The third-order valence-electron chi connectivity index (χ3n) is 5.08. The Morgan fingerprint density at radius 2 is 1.59 bits per heavy atom. The zero-order valence-electron chi connectivity index (χ0n) is 13.8. The molecule has 1 aliphatic rings. The number of rotatable bonds is 8. The van der Waals surface area contributed by atoms with Gasteiger partial charge in [0.25, 0.3) is 0 Å². The lowest BCUT2D eigenvalue weighted by molar-refractivity contribution is 0.566. The fourth-order valence-corrected chi connectivity index (χ4v) is 3.63. The Hall–Kier alpha value is -1.56. The minimum absolute atomic E-state index is 0.937. The van der Waals surface area contributed by atoms with E-state index in [4.69, 9.17) is 0 Å². The topological polar surface area (TPSA) is 0 Å². The zero-order valence-corrected chi connectivity index (χ0v) is 13.8. The van der Waals surface area contributed by atoms with Gasteiger partial charge in [0.05, 0.1) is 0 Å². The second-order valence-electron chi connectivity index (χ2n) is 6.83. The van der Waals surface area contributed by atoms with Crippen LogP contribution < -0.4 is 0 Å². The summed E-state index contributed by atoms with van der Waals surface area (Å²) in [4.78, 5) is 0. The van der Waals surface area contributed by atoms with Gasteiger partial charge in [-0.1, -0.05) is 93.6 Å². The number of hydrogen-bond acceptors (Lipinski definition) is 0. The van der Waals surface area contributed by atoms with E-state index in [0.717, 1.165) is 11.8 Å². The molecule has 0 heteroatoms. The molecule has 1 fully saturated rings. The lowest BCUT2D eigenvalue weighted by Crippen LogP contribution is -1.94. The maximum atomic E-state index is 2.33. The van der Waals surface area contributed by atoms with Gasteiger partial charge in [0, 0.05) is 0 Å². The molecule has 0 heterocycles. The van der Waals surface area contributed by atoms with Crippen LogP contribution in [-0.4, -0.2) is 0 Å². The fourth-order valence-electron chi connectivity index (χ4n) is 3.63. The van der Waals surface area contributed by atoms with Crippen molar-refractivity contribution in [2.75, 3.05) is 0 Å². The molecule has 0 aliphatic heterocycles. The highest BCUT2D eigenvalue weighted by atomic mass is 14.4. The third-order valence-corrected chi connectivity index (χ3v) is 5.08. The molecule has 0 bridgehead atoms. The Morgan fingerprint density at radius 3 is 2.41 bits per heavy atom. The standard InChI is InChI=1S/C22H28/c1-2-3-4-6-13-19-16-21(19)17-20-14-9-10-15-22(20)18-11-7-5-8-12-18/h5,7-12,14-15,19,21H,2-4,6,13,16-17H2,1H3/t19-,21+/m1/s1. The summed E-state index contributed by atoms with van der Waals surface area (Å²) < 4.78 is 0. The number of unbranched alkanes of at least 4 members (excludes halogenated alkanes) is 3. The van der Waals surface area contributed by atoms with Crippen molar-refractivity contribution < 1.29 is 0 Å². The van der Waals surface area contributed by atoms with Crippen LogP contribution in [0.4, 0.5) is 0 Å². The van der Waals surface area contributed by atoms with Crippen molar-refractivity contribution in [2.45, 2.75) is 51.9 Å². The van der Waals surface area contributed by atoms with Crippen molar-refractivity contribution in [1.82, 2.24) is 0 Å². The predicted molar refractivity (Wildman–Crippen MR) is 95.9 cm³/mol. The van der Waals surface area contributed by atoms with Crippen LogP contribution in [0.15, 0.2) is 54.6 Å². The molecular weight excluding hydrogens is 264 g/mol. The summed E-state index contributed by atoms with van der Waals surface area (Å²) in [6, 6.07) is 19.8. The van der Waals surface area contributed by atoms with Crippen molar-refractivity contribution in [1.29, 1.82) is 0 Å². The molecule has 1 aliphatic carbocycles. The summed E-state index contributed by atoms with van der Waals surface area (Å²) >= 11 is 0. The van der Waals surface area contributed by atoms with Gasteiger partial charge in [-0.3, -0.25) is 0 Å². The van der Waals surface area contributed by atoms with Crippen LogP contribution in [0.5, 0.6) is 0 Å². The summed E-state index contributed by atoms with van der Waals surface area (Å²) in [6.07, 6.45) is 9.80. The van der Waals surface area contributed by atoms with Crippen LogP contribution in [0.3, 0.4) is 0 Å². The smallest absolute Gasteiger partial charge is 0.0152 e. The molecule has 0 unspecified atom stereocenters. The monoisotopic (exact) mass is 292 g/mol. The maximum Gasteiger partial charge on any atom is -0.0152 e. The summed E-state index contributed by atoms with van der Waals surface area (Å²) in [5.74, 6) is 1.94. The molecule has 2 aromatic carbocycles. The van der Waals surface area contributed by atoms with Gasteiger partial charge < -0.3 is 0 Å². The molecule has 0 N–H and O–H groups in total. The van der Waals surface area contributed by atoms with Crippen LogP contribution in [0.2, 0.25) is 0 Å². The quantitative estimate of drug-likeness (QED) is 0.487. The van der Waals surface area contributed by atoms with Crippen LogP contribution in [0.1, 0.15) is 51.0 Å². The van der Waals surface area contributed by atoms with E-state index in [1.54, 1.807) is 0 Å². The average molecular weight is 292 g/mol. The van der Waals surface area contributed by atoms with Gasteiger partial charge in [-0.15, -0.1) is 0 Å². The molecule has 0 spiro atoms. The molecule has 116 valence electrons. The third kappa shape index (κ3) is 4.00. The van der Waals surface area contributed by atoms with Crippen molar-refractivity contribution in [3.8, 4) is 11.1 Å². The van der Waals surface area contributed by atoms with Crippen LogP contribution >= 0.6 is 0 Å². The first-order valence-electron chi connectivity index (χ1n) is 9.02. The van der Waals surface area contributed by atoms with Crippen LogP contribution in [0.25, 0.3) is 11.1 Å². The van der Waals surface area contributed by atoms with E-state index in [1.165, 1.54) is 61.6 Å². The van der Waals surface area contributed by atoms with E-state index >= 15 is 0 Å². The molecule has 0 nitrogen and oxygen atoms in total. The van der Waals surface area contributed by atoms with E-state index in [-0.39, 0.29) is 0 Å². The van der Waals surface area contributed by atoms with Crippen molar-refractivity contribution in [3.63, 3.8) is 0 Å². The zero-order chi connectivity index (χ0) is 15.2. The van der Waals surface area contributed by atoms with E-state index < -0.39 is 0 Å². The molecule has 0 saturated heterocycles. The van der Waals surface area contributed by atoms with E-state index in [2.05, 4.69) is 61.5 Å². The molecule has 2 atom stereocenters. The highest BCUT2D eigenvalue weighted by molar-refractivity contribution is 5.67. The number of hydrogen-bond donors (Lipinski definition) is 0. The SMILES string of the molecule is CCCCCC[C@@H]1C[C@H]1Cc1ccccc1-c1ccccc1. The van der Waals surface area contributed by atoms with Gasteiger partial charge in [-0.05, 0) is 41.4 Å². The summed E-state index contributed by atoms with van der Waals surface area (Å²) in [6.45, 7) is 2.29. The lowest BCUT2D eigenvalue weighted by Gasteiger charge is -2.09. The highest BCUT2D eigenvalue weighted by Crippen LogP contribution is 2.45. The summed E-state index contributed by atoms with van der Waals surface area (Å²) in [5.41, 5.74) is 4.33. The van der Waals surface area contributed by atoms with Gasteiger partial charge in [0.1, 0.15) is 0 Å². The second kappa shape index (κ2) is 7.63. The van der Waals surface area contributed by atoms with Crippen molar-refractivity contribution in [3.05, 3.63) is 60.2 Å². The Labute approximate surface area is 135 Å². The Morgan fingerprint density at radius 1 is 0.818 bits per heavy atom. The Balaban J connectivity index is 1.58. The van der Waals surface area contributed by atoms with Gasteiger partial charge in [0.15, 0.2) is 0 Å². The molecule has 0 aromatic heterocycles. The van der Waals surface area contributed by atoms with Crippen molar-refractivity contribution in [2.24, 2.45) is 11.8 Å². The van der Waals surface area contributed by atoms with Gasteiger partial charge in [-0.2, -0.15) is 0 Å². The molecule has 1 saturated carbocycles. The number of benzene rings is 2. The highest BCUT2D eigenvalue weighted by Gasteiger charge is 2.36. The van der Waals surface area contributed by atoms with Crippen LogP contribution in [-0.2, 0) is 6.42 Å². The largest absolute Gasteiger partial charge is 0.0654 e. The fraction of sp³-hybridized carbons (Fsp3) is 0.455. The first-order valence-corrected chi connectivity index (χ1v) is 9.02. The Bertz CT molecular complexity index is 570.